The molecule has 0 bridgehead atoms. The SMILES string of the molecule is CC1=CC(NC(=O)C2=C(O)[C@@H]3CCCN3N(CC3=CC=CC(F)C3)C2=O)C(C(F)(F)F)O1. The number of aliphatic hydroxyl groups excluding tert-OH is 1. The normalized spacial score (nSPS) is 30.8. The van der Waals surface area contributed by atoms with Gasteiger partial charge in [0.25, 0.3) is 11.8 Å². The van der Waals surface area contributed by atoms with Gasteiger partial charge in [0.15, 0.2) is 0 Å². The van der Waals surface area contributed by atoms with Crippen LogP contribution in [0, 0.1) is 0 Å². The maximum atomic E-state index is 13.7. The Bertz CT molecular complexity index is 940. The van der Waals surface area contributed by atoms with Crippen molar-refractivity contribution < 1.29 is 37.0 Å². The predicted molar refractivity (Wildman–Crippen MR) is 104 cm³/mol. The van der Waals surface area contributed by atoms with Crippen molar-refractivity contribution in [2.45, 2.75) is 56.7 Å². The van der Waals surface area contributed by atoms with Gasteiger partial charge in [-0.2, -0.15) is 13.2 Å². The Morgan fingerprint density at radius 1 is 1.38 bits per heavy atom. The van der Waals surface area contributed by atoms with E-state index in [4.69, 9.17) is 4.74 Å². The molecule has 0 radical (unpaired) electrons. The fourth-order valence-corrected chi connectivity index (χ4v) is 4.49. The summed E-state index contributed by atoms with van der Waals surface area (Å²) in [5, 5.41) is 15.8. The van der Waals surface area contributed by atoms with Gasteiger partial charge in [0, 0.05) is 13.0 Å². The molecule has 11 heteroatoms. The summed E-state index contributed by atoms with van der Waals surface area (Å²) >= 11 is 0. The topological polar surface area (TPSA) is 82.1 Å². The molecule has 3 heterocycles. The molecule has 0 spiro atoms. The molecule has 4 atom stereocenters. The first-order chi connectivity index (χ1) is 15.1. The van der Waals surface area contributed by atoms with Gasteiger partial charge < -0.3 is 15.2 Å². The molecule has 1 fully saturated rings. The van der Waals surface area contributed by atoms with E-state index in [1.165, 1.54) is 18.0 Å². The van der Waals surface area contributed by atoms with E-state index in [1.807, 2.05) is 0 Å². The Morgan fingerprint density at radius 3 is 2.81 bits per heavy atom. The maximum Gasteiger partial charge on any atom is 0.427 e. The van der Waals surface area contributed by atoms with E-state index in [-0.39, 0.29) is 18.7 Å². The summed E-state index contributed by atoms with van der Waals surface area (Å²) in [7, 11) is 0. The van der Waals surface area contributed by atoms with Gasteiger partial charge in [-0.25, -0.2) is 9.40 Å². The van der Waals surface area contributed by atoms with Crippen LogP contribution in [-0.4, -0.2) is 70.6 Å². The molecule has 2 amide bonds. The van der Waals surface area contributed by atoms with Crippen LogP contribution in [0.1, 0.15) is 26.2 Å². The van der Waals surface area contributed by atoms with Crippen molar-refractivity contribution in [3.05, 3.63) is 47.0 Å². The highest BCUT2D eigenvalue weighted by Crippen LogP contribution is 2.35. The second-order valence-electron chi connectivity index (χ2n) is 8.23. The van der Waals surface area contributed by atoms with Gasteiger partial charge in [-0.3, -0.25) is 14.6 Å². The summed E-state index contributed by atoms with van der Waals surface area (Å²) in [6, 6.07) is -2.19. The second kappa shape index (κ2) is 8.27. The molecule has 1 aliphatic carbocycles. The van der Waals surface area contributed by atoms with Crippen LogP contribution in [0.5, 0.6) is 0 Å². The summed E-state index contributed by atoms with van der Waals surface area (Å²) < 4.78 is 58.3. The lowest BCUT2D eigenvalue weighted by atomic mass is 10.0. The summed E-state index contributed by atoms with van der Waals surface area (Å²) in [5.74, 6) is -2.43. The van der Waals surface area contributed by atoms with Crippen LogP contribution in [0.3, 0.4) is 0 Å². The number of amides is 2. The van der Waals surface area contributed by atoms with Crippen molar-refractivity contribution in [3.8, 4) is 0 Å². The molecule has 3 aliphatic heterocycles. The molecule has 0 aromatic rings. The van der Waals surface area contributed by atoms with Gasteiger partial charge in [-0.05, 0) is 31.4 Å². The number of halogens is 4. The number of carbonyl (C=O) groups excluding carboxylic acids is 2. The number of hydrogen-bond acceptors (Lipinski definition) is 5. The minimum atomic E-state index is -4.74. The second-order valence-corrected chi connectivity index (χ2v) is 8.23. The molecule has 3 unspecified atom stereocenters. The molecular formula is C21H23F4N3O4. The Labute approximate surface area is 181 Å². The first-order valence-electron chi connectivity index (χ1n) is 10.3. The van der Waals surface area contributed by atoms with Gasteiger partial charge in [-0.1, -0.05) is 18.2 Å². The molecule has 1 saturated heterocycles. The van der Waals surface area contributed by atoms with E-state index in [1.54, 1.807) is 17.2 Å². The summed E-state index contributed by atoms with van der Waals surface area (Å²) in [4.78, 5) is 26.1. The number of hydrogen-bond donors (Lipinski definition) is 2. The lowest BCUT2D eigenvalue weighted by Crippen LogP contribution is -2.57. The molecule has 4 rings (SSSR count). The van der Waals surface area contributed by atoms with Crippen molar-refractivity contribution in [3.63, 3.8) is 0 Å². The molecule has 0 aromatic heterocycles. The van der Waals surface area contributed by atoms with E-state index < -0.39 is 53.7 Å². The number of hydrazine groups is 1. The number of allylic oxidation sites excluding steroid dienone is 4. The first kappa shape index (κ1) is 22.4. The van der Waals surface area contributed by atoms with Crippen LogP contribution in [0.25, 0.3) is 0 Å². The van der Waals surface area contributed by atoms with Crippen LogP contribution >= 0.6 is 0 Å². The van der Waals surface area contributed by atoms with Crippen LogP contribution in [0.2, 0.25) is 0 Å². The van der Waals surface area contributed by atoms with Crippen molar-refractivity contribution in [2.75, 3.05) is 13.1 Å². The van der Waals surface area contributed by atoms with E-state index >= 15 is 0 Å². The maximum absolute atomic E-state index is 13.7. The third-order valence-corrected chi connectivity index (χ3v) is 5.92. The number of carbonyl (C=O) groups is 2. The van der Waals surface area contributed by atoms with Crippen molar-refractivity contribution in [1.82, 2.24) is 15.3 Å². The number of rotatable bonds is 4. The van der Waals surface area contributed by atoms with Gasteiger partial charge in [0.2, 0.25) is 6.10 Å². The van der Waals surface area contributed by atoms with Gasteiger partial charge in [0.1, 0.15) is 17.5 Å². The van der Waals surface area contributed by atoms with Crippen LogP contribution in [-0.2, 0) is 14.3 Å². The number of ether oxygens (including phenoxy) is 1. The third kappa shape index (κ3) is 4.13. The van der Waals surface area contributed by atoms with E-state index in [0.717, 1.165) is 6.08 Å². The zero-order valence-corrected chi connectivity index (χ0v) is 17.2. The Morgan fingerprint density at radius 2 is 2.12 bits per heavy atom. The van der Waals surface area contributed by atoms with Gasteiger partial charge in [0.05, 0.1) is 24.4 Å². The highest BCUT2D eigenvalue weighted by molar-refractivity contribution is 6.19. The Kier molecular flexibility index (Phi) is 5.78. The lowest BCUT2D eigenvalue weighted by Gasteiger charge is -2.41. The summed E-state index contributed by atoms with van der Waals surface area (Å²) in [6.07, 6.45) is -1.27. The van der Waals surface area contributed by atoms with Gasteiger partial charge in [-0.15, -0.1) is 0 Å². The number of aliphatic hydroxyl groups is 1. The average molecular weight is 457 g/mol. The fraction of sp³-hybridized carbons (Fsp3) is 0.524. The highest BCUT2D eigenvalue weighted by atomic mass is 19.4. The quantitative estimate of drug-likeness (QED) is 0.501. The summed E-state index contributed by atoms with van der Waals surface area (Å²) in [6.45, 7) is 1.79. The molecule has 4 aliphatic rings. The van der Waals surface area contributed by atoms with E-state index in [0.29, 0.717) is 25.0 Å². The number of alkyl halides is 4. The van der Waals surface area contributed by atoms with Crippen LogP contribution in [0.15, 0.2) is 47.0 Å². The van der Waals surface area contributed by atoms with E-state index in [9.17, 15) is 32.3 Å². The molecule has 0 aromatic carbocycles. The predicted octanol–water partition coefficient (Wildman–Crippen LogP) is 2.59. The Hall–Kier alpha value is -2.82. The van der Waals surface area contributed by atoms with Crippen molar-refractivity contribution >= 4 is 11.8 Å². The standard InChI is InChI=1S/C21H23F4N3O4/c1-11-8-14(18(32-11)21(23,24)25)26-19(30)16-17(29)15-6-3-7-27(15)28(20(16)31)10-12-4-2-5-13(22)9-12/h2,4-5,8,13-15,18,29H,3,6-7,9-10H2,1H3,(H,26,30)/t13?,14?,15-,18?/m0/s1. The smallest absolute Gasteiger partial charge is 0.427 e. The zero-order chi connectivity index (χ0) is 23.2. The van der Waals surface area contributed by atoms with Gasteiger partial charge >= 0.3 is 6.18 Å². The monoisotopic (exact) mass is 457 g/mol. The molecule has 174 valence electrons. The zero-order valence-electron chi connectivity index (χ0n) is 17.2. The minimum absolute atomic E-state index is 0.00698. The third-order valence-electron chi connectivity index (χ3n) is 5.92. The van der Waals surface area contributed by atoms with Crippen molar-refractivity contribution in [2.24, 2.45) is 0 Å². The van der Waals surface area contributed by atoms with Crippen LogP contribution in [0.4, 0.5) is 17.6 Å². The lowest BCUT2D eigenvalue weighted by molar-refractivity contribution is -0.207. The largest absolute Gasteiger partial charge is 0.510 e. The Balaban J connectivity index is 1.59. The number of nitrogens with one attached hydrogen (secondary N) is 1. The van der Waals surface area contributed by atoms with Crippen molar-refractivity contribution in [1.29, 1.82) is 0 Å². The summed E-state index contributed by atoms with van der Waals surface area (Å²) in [5.41, 5.74) is 0.0239. The first-order valence-corrected chi connectivity index (χ1v) is 10.3. The number of nitrogens with zero attached hydrogens (tertiary/aromatic N) is 2. The fourth-order valence-electron chi connectivity index (χ4n) is 4.49. The van der Waals surface area contributed by atoms with E-state index in [2.05, 4.69) is 5.32 Å². The van der Waals surface area contributed by atoms with Crippen LogP contribution < -0.4 is 5.32 Å². The minimum Gasteiger partial charge on any atom is -0.510 e. The molecule has 32 heavy (non-hydrogen) atoms. The molecule has 0 saturated carbocycles. The molecular weight excluding hydrogens is 434 g/mol. The molecule has 7 nitrogen and oxygen atoms in total. The molecule has 2 N–H and O–H groups in total. The number of fused-ring (bicyclic) bond motifs is 1. The average Bonchev–Trinajstić information content (AvgIpc) is 3.32. The highest BCUT2D eigenvalue weighted by Gasteiger charge is 2.51.